The van der Waals surface area contributed by atoms with Crippen LogP contribution in [0.3, 0.4) is 0 Å². The molecule has 5 heteroatoms. The highest BCUT2D eigenvalue weighted by molar-refractivity contribution is 9.10. The molecule has 0 aliphatic heterocycles. The standard InChI is InChI=1S/C14H12BrFO2S/c1-2-10-4-6-14(19-10)12(17)8-18-13-5-3-9(15)7-11(13)16/h3-7H,2,8H2,1H3. The van der Waals surface area contributed by atoms with Crippen molar-refractivity contribution in [1.82, 2.24) is 0 Å². The van der Waals surface area contributed by atoms with Crippen LogP contribution in [0.5, 0.6) is 5.75 Å². The first-order chi connectivity index (χ1) is 9.10. The Hall–Kier alpha value is -1.20. The molecule has 2 aromatic rings. The van der Waals surface area contributed by atoms with E-state index in [2.05, 4.69) is 15.9 Å². The summed E-state index contributed by atoms with van der Waals surface area (Å²) in [6.45, 7) is 1.88. The number of benzene rings is 1. The topological polar surface area (TPSA) is 26.3 Å². The van der Waals surface area contributed by atoms with Crippen LogP contribution in [-0.4, -0.2) is 12.4 Å². The van der Waals surface area contributed by atoms with Gasteiger partial charge in [0.1, 0.15) is 0 Å². The zero-order valence-corrected chi connectivity index (χ0v) is 12.7. The van der Waals surface area contributed by atoms with Crippen molar-refractivity contribution in [2.45, 2.75) is 13.3 Å². The minimum absolute atomic E-state index is 0.0869. The maximum absolute atomic E-state index is 13.5. The van der Waals surface area contributed by atoms with Crippen molar-refractivity contribution < 1.29 is 13.9 Å². The lowest BCUT2D eigenvalue weighted by Crippen LogP contribution is -2.10. The molecule has 0 spiro atoms. The number of Topliss-reactive ketones (excluding diaryl/α,β-unsaturated/α-hetero) is 1. The monoisotopic (exact) mass is 342 g/mol. The molecule has 0 bridgehead atoms. The molecule has 19 heavy (non-hydrogen) atoms. The number of ether oxygens (including phenoxy) is 1. The molecule has 0 aliphatic carbocycles. The van der Waals surface area contributed by atoms with E-state index in [0.717, 1.165) is 11.3 Å². The molecule has 1 aromatic carbocycles. The number of ketones is 1. The van der Waals surface area contributed by atoms with Crippen LogP contribution < -0.4 is 4.74 Å². The van der Waals surface area contributed by atoms with E-state index in [-0.39, 0.29) is 18.1 Å². The predicted octanol–water partition coefficient (Wildman–Crippen LogP) is 4.47. The average Bonchev–Trinajstić information content (AvgIpc) is 2.86. The van der Waals surface area contributed by atoms with E-state index in [9.17, 15) is 9.18 Å². The van der Waals surface area contributed by atoms with Crippen molar-refractivity contribution in [2.75, 3.05) is 6.61 Å². The molecule has 2 nitrogen and oxygen atoms in total. The lowest BCUT2D eigenvalue weighted by molar-refractivity contribution is 0.0923. The summed E-state index contributed by atoms with van der Waals surface area (Å²) in [5.41, 5.74) is 0. The third kappa shape index (κ3) is 3.64. The van der Waals surface area contributed by atoms with Gasteiger partial charge in [-0.15, -0.1) is 11.3 Å². The molecule has 0 atom stereocenters. The van der Waals surface area contributed by atoms with Gasteiger partial charge >= 0.3 is 0 Å². The molecule has 0 amide bonds. The Morgan fingerprint density at radius 3 is 2.79 bits per heavy atom. The van der Waals surface area contributed by atoms with Crippen molar-refractivity contribution in [1.29, 1.82) is 0 Å². The average molecular weight is 343 g/mol. The van der Waals surface area contributed by atoms with Crippen LogP contribution in [-0.2, 0) is 6.42 Å². The van der Waals surface area contributed by atoms with Crippen molar-refractivity contribution >= 4 is 33.0 Å². The van der Waals surface area contributed by atoms with Crippen molar-refractivity contribution in [2.24, 2.45) is 0 Å². The Morgan fingerprint density at radius 1 is 1.37 bits per heavy atom. The van der Waals surface area contributed by atoms with E-state index in [1.807, 2.05) is 13.0 Å². The van der Waals surface area contributed by atoms with Gasteiger partial charge in [0.05, 0.1) is 4.88 Å². The lowest BCUT2D eigenvalue weighted by atomic mass is 10.3. The van der Waals surface area contributed by atoms with Gasteiger partial charge in [-0.25, -0.2) is 4.39 Å². The second-order valence-electron chi connectivity index (χ2n) is 3.91. The van der Waals surface area contributed by atoms with Gasteiger partial charge in [0.2, 0.25) is 5.78 Å². The van der Waals surface area contributed by atoms with E-state index in [4.69, 9.17) is 4.74 Å². The highest BCUT2D eigenvalue weighted by Crippen LogP contribution is 2.22. The molecule has 0 radical (unpaired) electrons. The number of hydrogen-bond donors (Lipinski definition) is 0. The van der Waals surface area contributed by atoms with Crippen LogP contribution in [0.15, 0.2) is 34.8 Å². The molecular formula is C14H12BrFO2S. The Labute approximate surface area is 123 Å². The van der Waals surface area contributed by atoms with Gasteiger partial charge in [0.25, 0.3) is 0 Å². The molecule has 0 saturated carbocycles. The lowest BCUT2D eigenvalue weighted by Gasteiger charge is -2.05. The fraction of sp³-hybridized carbons (Fsp3) is 0.214. The first-order valence-corrected chi connectivity index (χ1v) is 7.41. The zero-order chi connectivity index (χ0) is 13.8. The molecule has 0 aliphatic rings. The van der Waals surface area contributed by atoms with Crippen molar-refractivity contribution in [3.63, 3.8) is 0 Å². The maximum Gasteiger partial charge on any atom is 0.210 e. The van der Waals surface area contributed by atoms with Crippen LogP contribution in [0.2, 0.25) is 0 Å². The number of carbonyl (C=O) groups excluding carboxylic acids is 1. The fourth-order valence-corrected chi connectivity index (χ4v) is 2.73. The van der Waals surface area contributed by atoms with Crippen LogP contribution in [0, 0.1) is 5.82 Å². The van der Waals surface area contributed by atoms with Gasteiger partial charge in [0, 0.05) is 9.35 Å². The Kier molecular flexibility index (Phi) is 4.71. The first kappa shape index (κ1) is 14.2. The molecule has 0 fully saturated rings. The summed E-state index contributed by atoms with van der Waals surface area (Å²) in [5.74, 6) is -0.529. The van der Waals surface area contributed by atoms with Gasteiger partial charge < -0.3 is 4.74 Å². The van der Waals surface area contributed by atoms with E-state index < -0.39 is 5.82 Å². The zero-order valence-electron chi connectivity index (χ0n) is 10.3. The van der Waals surface area contributed by atoms with Crippen LogP contribution in [0.1, 0.15) is 21.5 Å². The van der Waals surface area contributed by atoms with Gasteiger partial charge in [-0.1, -0.05) is 22.9 Å². The van der Waals surface area contributed by atoms with Gasteiger partial charge in [-0.05, 0) is 36.8 Å². The summed E-state index contributed by atoms with van der Waals surface area (Å²) in [6, 6.07) is 8.19. The molecule has 0 saturated heterocycles. The second kappa shape index (κ2) is 6.30. The Morgan fingerprint density at radius 2 is 2.16 bits per heavy atom. The van der Waals surface area contributed by atoms with Gasteiger partial charge in [-0.2, -0.15) is 0 Å². The van der Waals surface area contributed by atoms with Crippen molar-refractivity contribution in [3.8, 4) is 5.75 Å². The maximum atomic E-state index is 13.5. The smallest absolute Gasteiger partial charge is 0.210 e. The molecule has 2 rings (SSSR count). The summed E-state index contributed by atoms with van der Waals surface area (Å²) in [7, 11) is 0. The molecule has 0 unspecified atom stereocenters. The minimum Gasteiger partial charge on any atom is -0.482 e. The largest absolute Gasteiger partial charge is 0.482 e. The number of halogens is 2. The number of rotatable bonds is 5. The number of hydrogen-bond acceptors (Lipinski definition) is 3. The van der Waals surface area contributed by atoms with E-state index >= 15 is 0 Å². The summed E-state index contributed by atoms with van der Waals surface area (Å²) >= 11 is 4.61. The number of aryl methyl sites for hydroxylation is 1. The Balaban J connectivity index is 2.00. The summed E-state index contributed by atoms with van der Waals surface area (Å²) in [4.78, 5) is 13.7. The van der Waals surface area contributed by atoms with Crippen molar-refractivity contribution in [3.05, 3.63) is 50.4 Å². The van der Waals surface area contributed by atoms with E-state index in [1.165, 1.54) is 23.5 Å². The van der Waals surface area contributed by atoms with Crippen LogP contribution in [0.25, 0.3) is 0 Å². The van der Waals surface area contributed by atoms with Gasteiger partial charge in [0.15, 0.2) is 18.2 Å². The summed E-state index contributed by atoms with van der Waals surface area (Å²) < 4.78 is 19.3. The number of carbonyl (C=O) groups is 1. The van der Waals surface area contributed by atoms with E-state index in [0.29, 0.717) is 9.35 Å². The normalized spacial score (nSPS) is 10.5. The Bertz CT molecular complexity index is 595. The highest BCUT2D eigenvalue weighted by Gasteiger charge is 2.11. The molecule has 1 heterocycles. The van der Waals surface area contributed by atoms with Crippen LogP contribution >= 0.6 is 27.3 Å². The first-order valence-electron chi connectivity index (χ1n) is 5.80. The van der Waals surface area contributed by atoms with E-state index in [1.54, 1.807) is 12.1 Å². The quantitative estimate of drug-likeness (QED) is 0.749. The third-order valence-electron chi connectivity index (χ3n) is 2.54. The molecular weight excluding hydrogens is 331 g/mol. The minimum atomic E-state index is -0.484. The highest BCUT2D eigenvalue weighted by atomic mass is 79.9. The molecule has 1 aromatic heterocycles. The molecule has 0 N–H and O–H groups in total. The SMILES string of the molecule is CCc1ccc(C(=O)COc2ccc(Br)cc2F)s1. The summed E-state index contributed by atoms with van der Waals surface area (Å²) in [6.07, 6.45) is 0.903. The fourth-order valence-electron chi connectivity index (χ4n) is 1.52. The third-order valence-corrected chi connectivity index (χ3v) is 4.30. The van der Waals surface area contributed by atoms with Crippen LogP contribution in [0.4, 0.5) is 4.39 Å². The second-order valence-corrected chi connectivity index (χ2v) is 5.99. The van der Waals surface area contributed by atoms with Gasteiger partial charge in [-0.3, -0.25) is 4.79 Å². The predicted molar refractivity (Wildman–Crippen MR) is 77.6 cm³/mol. The molecule has 100 valence electrons. The summed E-state index contributed by atoms with van der Waals surface area (Å²) in [5, 5.41) is 0. The number of thiophene rings is 1.